The summed E-state index contributed by atoms with van der Waals surface area (Å²) in [4.78, 5) is 2.62. The monoisotopic (exact) mass is 268 g/mol. The molecule has 102 valence electrons. The lowest BCUT2D eigenvalue weighted by Gasteiger charge is -2.38. The molecule has 0 aliphatic carbocycles. The molecular formula is C15H25ClN2. The maximum atomic E-state index is 5.82. The van der Waals surface area contributed by atoms with Gasteiger partial charge in [-0.05, 0) is 43.8 Å². The molecule has 1 heterocycles. The van der Waals surface area contributed by atoms with Gasteiger partial charge >= 0.3 is 0 Å². The third kappa shape index (κ3) is 3.71. The summed E-state index contributed by atoms with van der Waals surface area (Å²) in [5.41, 5.74) is 7.27. The van der Waals surface area contributed by atoms with Crippen LogP contribution in [-0.4, -0.2) is 24.5 Å². The fraction of sp³-hybridized carbons (Fsp3) is 0.600. The molecule has 0 saturated carbocycles. The SMILES string of the molecule is CCC(c1ccccc1)N1CCCC(CN)C1.Cl. The first-order valence-electron chi connectivity index (χ1n) is 6.84. The van der Waals surface area contributed by atoms with Crippen LogP contribution in [0.15, 0.2) is 30.3 Å². The zero-order valence-corrected chi connectivity index (χ0v) is 12.0. The average Bonchev–Trinajstić information content (AvgIpc) is 2.41. The van der Waals surface area contributed by atoms with Crippen molar-refractivity contribution in [2.24, 2.45) is 11.7 Å². The summed E-state index contributed by atoms with van der Waals surface area (Å²) in [6.45, 7) is 5.51. The Labute approximate surface area is 117 Å². The van der Waals surface area contributed by atoms with Gasteiger partial charge in [-0.1, -0.05) is 37.3 Å². The van der Waals surface area contributed by atoms with Gasteiger partial charge in [0.05, 0.1) is 0 Å². The Bertz CT molecular complexity index is 329. The number of halogens is 1. The first kappa shape index (κ1) is 15.5. The number of hydrogen-bond acceptors (Lipinski definition) is 2. The largest absolute Gasteiger partial charge is 0.330 e. The number of likely N-dealkylation sites (tertiary alicyclic amines) is 1. The summed E-state index contributed by atoms with van der Waals surface area (Å²) in [6, 6.07) is 11.4. The topological polar surface area (TPSA) is 29.3 Å². The van der Waals surface area contributed by atoms with Crippen molar-refractivity contribution in [1.29, 1.82) is 0 Å². The van der Waals surface area contributed by atoms with Gasteiger partial charge in [0.1, 0.15) is 0 Å². The summed E-state index contributed by atoms with van der Waals surface area (Å²) < 4.78 is 0. The Hall–Kier alpha value is -0.570. The van der Waals surface area contributed by atoms with Crippen molar-refractivity contribution >= 4 is 12.4 Å². The van der Waals surface area contributed by atoms with Crippen molar-refractivity contribution < 1.29 is 0 Å². The maximum absolute atomic E-state index is 5.82. The molecule has 2 unspecified atom stereocenters. The zero-order chi connectivity index (χ0) is 12.1. The van der Waals surface area contributed by atoms with Gasteiger partial charge in [-0.25, -0.2) is 0 Å². The zero-order valence-electron chi connectivity index (χ0n) is 11.2. The van der Waals surface area contributed by atoms with Crippen molar-refractivity contribution in [1.82, 2.24) is 4.90 Å². The van der Waals surface area contributed by atoms with Gasteiger partial charge in [-0.3, -0.25) is 4.90 Å². The Balaban J connectivity index is 0.00000162. The van der Waals surface area contributed by atoms with Crippen LogP contribution in [0.5, 0.6) is 0 Å². The number of nitrogens with two attached hydrogens (primary N) is 1. The molecule has 0 aromatic heterocycles. The molecule has 18 heavy (non-hydrogen) atoms. The summed E-state index contributed by atoms with van der Waals surface area (Å²) in [6.07, 6.45) is 3.78. The van der Waals surface area contributed by atoms with E-state index < -0.39 is 0 Å². The molecule has 0 amide bonds. The van der Waals surface area contributed by atoms with E-state index in [4.69, 9.17) is 5.73 Å². The molecule has 1 aliphatic rings. The fourth-order valence-electron chi connectivity index (χ4n) is 2.95. The minimum absolute atomic E-state index is 0. The highest BCUT2D eigenvalue weighted by molar-refractivity contribution is 5.85. The van der Waals surface area contributed by atoms with Crippen LogP contribution in [0.25, 0.3) is 0 Å². The molecule has 1 aromatic carbocycles. The quantitative estimate of drug-likeness (QED) is 0.909. The highest BCUT2D eigenvalue weighted by atomic mass is 35.5. The van der Waals surface area contributed by atoms with Crippen LogP contribution in [0, 0.1) is 5.92 Å². The molecule has 2 atom stereocenters. The van der Waals surface area contributed by atoms with E-state index >= 15 is 0 Å². The summed E-state index contributed by atoms with van der Waals surface area (Å²) in [5.74, 6) is 0.696. The van der Waals surface area contributed by atoms with Gasteiger partial charge in [0.25, 0.3) is 0 Å². The first-order valence-corrected chi connectivity index (χ1v) is 6.84. The first-order chi connectivity index (χ1) is 8.35. The Kier molecular flexibility index (Phi) is 6.69. The molecule has 3 heteroatoms. The molecule has 0 spiro atoms. The molecule has 2 N–H and O–H groups in total. The smallest absolute Gasteiger partial charge is 0.0345 e. The van der Waals surface area contributed by atoms with Crippen molar-refractivity contribution in [2.75, 3.05) is 19.6 Å². The van der Waals surface area contributed by atoms with Gasteiger partial charge in [-0.15, -0.1) is 12.4 Å². The molecular weight excluding hydrogens is 244 g/mol. The van der Waals surface area contributed by atoms with Crippen LogP contribution >= 0.6 is 12.4 Å². The fourth-order valence-corrected chi connectivity index (χ4v) is 2.95. The van der Waals surface area contributed by atoms with Crippen molar-refractivity contribution in [3.05, 3.63) is 35.9 Å². The number of piperidine rings is 1. The standard InChI is InChI=1S/C15H24N2.ClH/c1-2-15(14-8-4-3-5-9-14)17-10-6-7-13(11-16)12-17;/h3-5,8-9,13,15H,2,6-7,10-12,16H2,1H3;1H. The third-order valence-corrected chi connectivity index (χ3v) is 3.90. The van der Waals surface area contributed by atoms with Crippen molar-refractivity contribution in [3.63, 3.8) is 0 Å². The Morgan fingerprint density at radius 1 is 1.33 bits per heavy atom. The molecule has 1 aliphatic heterocycles. The van der Waals surface area contributed by atoms with Crippen LogP contribution in [-0.2, 0) is 0 Å². The average molecular weight is 269 g/mol. The number of nitrogens with zero attached hydrogens (tertiary/aromatic N) is 1. The second-order valence-corrected chi connectivity index (χ2v) is 5.07. The van der Waals surface area contributed by atoms with Gasteiger partial charge in [0, 0.05) is 12.6 Å². The summed E-state index contributed by atoms with van der Waals surface area (Å²) in [5, 5.41) is 0. The van der Waals surface area contributed by atoms with E-state index in [0.717, 1.165) is 6.54 Å². The molecule has 1 aromatic rings. The van der Waals surface area contributed by atoms with E-state index in [1.54, 1.807) is 0 Å². The van der Waals surface area contributed by atoms with Crippen LogP contribution in [0.1, 0.15) is 37.8 Å². The van der Waals surface area contributed by atoms with Gasteiger partial charge in [-0.2, -0.15) is 0 Å². The molecule has 0 radical (unpaired) electrons. The second-order valence-electron chi connectivity index (χ2n) is 5.07. The molecule has 0 bridgehead atoms. The number of benzene rings is 1. The molecule has 2 nitrogen and oxygen atoms in total. The Morgan fingerprint density at radius 3 is 2.67 bits per heavy atom. The van der Waals surface area contributed by atoms with Gasteiger partial charge in [0.2, 0.25) is 0 Å². The Morgan fingerprint density at radius 2 is 2.06 bits per heavy atom. The number of hydrogen-bond donors (Lipinski definition) is 1. The lowest BCUT2D eigenvalue weighted by molar-refractivity contribution is 0.122. The van der Waals surface area contributed by atoms with E-state index in [1.807, 2.05) is 0 Å². The predicted octanol–water partition coefficient (Wildman–Crippen LogP) is 3.23. The van der Waals surface area contributed by atoms with Crippen molar-refractivity contribution in [2.45, 2.75) is 32.2 Å². The van der Waals surface area contributed by atoms with E-state index in [-0.39, 0.29) is 12.4 Å². The van der Waals surface area contributed by atoms with Gasteiger partial charge in [0.15, 0.2) is 0 Å². The number of rotatable bonds is 4. The van der Waals surface area contributed by atoms with Crippen LogP contribution < -0.4 is 5.73 Å². The van der Waals surface area contributed by atoms with Crippen LogP contribution in [0.4, 0.5) is 0 Å². The minimum atomic E-state index is 0. The predicted molar refractivity (Wildman–Crippen MR) is 80.1 cm³/mol. The minimum Gasteiger partial charge on any atom is -0.330 e. The van der Waals surface area contributed by atoms with Gasteiger partial charge < -0.3 is 5.73 Å². The van der Waals surface area contributed by atoms with E-state index in [2.05, 4.69) is 42.2 Å². The normalized spacial score (nSPS) is 22.2. The molecule has 2 rings (SSSR count). The van der Waals surface area contributed by atoms with E-state index in [9.17, 15) is 0 Å². The highest BCUT2D eigenvalue weighted by Crippen LogP contribution is 2.28. The van der Waals surface area contributed by atoms with Crippen LogP contribution in [0.2, 0.25) is 0 Å². The third-order valence-electron chi connectivity index (χ3n) is 3.90. The molecule has 1 fully saturated rings. The highest BCUT2D eigenvalue weighted by Gasteiger charge is 2.24. The summed E-state index contributed by atoms with van der Waals surface area (Å²) in [7, 11) is 0. The van der Waals surface area contributed by atoms with E-state index in [1.165, 1.54) is 37.9 Å². The summed E-state index contributed by atoms with van der Waals surface area (Å²) >= 11 is 0. The maximum Gasteiger partial charge on any atom is 0.0345 e. The van der Waals surface area contributed by atoms with Crippen molar-refractivity contribution in [3.8, 4) is 0 Å². The van der Waals surface area contributed by atoms with E-state index in [0.29, 0.717) is 12.0 Å². The van der Waals surface area contributed by atoms with Crippen LogP contribution in [0.3, 0.4) is 0 Å². The second kappa shape index (κ2) is 7.78. The molecule has 1 saturated heterocycles. The lowest BCUT2D eigenvalue weighted by Crippen LogP contribution is -2.40. The lowest BCUT2D eigenvalue weighted by atomic mass is 9.94.